The molecule has 2 aromatic rings. The predicted octanol–water partition coefficient (Wildman–Crippen LogP) is 0.896. The van der Waals surface area contributed by atoms with Gasteiger partial charge in [0.2, 0.25) is 0 Å². The summed E-state index contributed by atoms with van der Waals surface area (Å²) in [4.78, 5) is 16.1. The number of rotatable bonds is 4. The number of carbonyl (C=O) groups is 1. The molecule has 0 unspecified atom stereocenters. The Hall–Kier alpha value is -2.93. The van der Waals surface area contributed by atoms with E-state index in [1.165, 1.54) is 4.90 Å². The molecule has 0 saturated carbocycles. The third-order valence-corrected chi connectivity index (χ3v) is 5.44. The van der Waals surface area contributed by atoms with Crippen molar-refractivity contribution in [2.24, 2.45) is 0 Å². The third-order valence-electron chi connectivity index (χ3n) is 5.44. The van der Waals surface area contributed by atoms with Crippen LogP contribution in [0.2, 0.25) is 0 Å². The number of fused-ring (bicyclic) bond motifs is 1. The molecule has 2 aliphatic heterocycles. The molecule has 1 saturated heterocycles. The fourth-order valence-corrected chi connectivity index (χ4v) is 3.76. The van der Waals surface area contributed by atoms with Gasteiger partial charge in [0, 0.05) is 11.8 Å². The molecule has 0 radical (unpaired) electrons. The van der Waals surface area contributed by atoms with Crippen LogP contribution in [0.25, 0.3) is 0 Å². The van der Waals surface area contributed by atoms with E-state index in [4.69, 9.17) is 9.47 Å². The molecule has 1 amide bonds. The smallest absolute Gasteiger partial charge is 0.282 e. The summed E-state index contributed by atoms with van der Waals surface area (Å²) in [7, 11) is 0. The number of hydrogen-bond acceptors (Lipinski definition) is 5. The van der Waals surface area contributed by atoms with Crippen molar-refractivity contribution in [2.75, 3.05) is 49.6 Å². The Balaban J connectivity index is 1.34. The summed E-state index contributed by atoms with van der Waals surface area (Å²) in [5.74, 6) is 1.67. The van der Waals surface area contributed by atoms with Gasteiger partial charge < -0.3 is 29.7 Å². The molecule has 0 aliphatic carbocycles. The SMILES string of the molecule is C[C@H](C(=O)Nc1ccc2c(c1)OCCO2)[NH+]1CCN(c2ccccc2O)CC1. The summed E-state index contributed by atoms with van der Waals surface area (Å²) in [6.45, 7) is 6.30. The highest BCUT2D eigenvalue weighted by Gasteiger charge is 2.30. The first-order chi connectivity index (χ1) is 13.6. The number of para-hydroxylation sites is 2. The lowest BCUT2D eigenvalue weighted by Gasteiger charge is -2.36. The molecule has 7 heteroatoms. The number of amides is 1. The van der Waals surface area contributed by atoms with E-state index in [2.05, 4.69) is 10.2 Å². The van der Waals surface area contributed by atoms with Gasteiger partial charge in [-0.2, -0.15) is 0 Å². The van der Waals surface area contributed by atoms with E-state index >= 15 is 0 Å². The number of quaternary nitrogens is 1. The number of nitrogens with zero attached hydrogens (tertiary/aromatic N) is 1. The predicted molar refractivity (Wildman–Crippen MR) is 107 cm³/mol. The van der Waals surface area contributed by atoms with E-state index in [1.807, 2.05) is 43.3 Å². The second kappa shape index (κ2) is 7.98. The molecule has 2 heterocycles. The molecule has 148 valence electrons. The molecule has 3 N–H and O–H groups in total. The number of phenols is 1. The normalized spacial score (nSPS) is 17.8. The van der Waals surface area contributed by atoms with Gasteiger partial charge >= 0.3 is 0 Å². The zero-order chi connectivity index (χ0) is 19.5. The van der Waals surface area contributed by atoms with Gasteiger partial charge in [0.1, 0.15) is 19.0 Å². The molecule has 1 fully saturated rings. The topological polar surface area (TPSA) is 75.5 Å². The lowest BCUT2D eigenvalue weighted by atomic mass is 10.2. The second-order valence-corrected chi connectivity index (χ2v) is 7.20. The zero-order valence-corrected chi connectivity index (χ0v) is 16.0. The Morgan fingerprint density at radius 1 is 1.11 bits per heavy atom. The molecule has 2 aliphatic rings. The fraction of sp³-hybridized carbons (Fsp3) is 0.381. The van der Waals surface area contributed by atoms with Crippen LogP contribution < -0.4 is 24.6 Å². The second-order valence-electron chi connectivity index (χ2n) is 7.20. The Labute approximate surface area is 164 Å². The molecule has 2 aromatic carbocycles. The van der Waals surface area contributed by atoms with Crippen LogP contribution in [0.3, 0.4) is 0 Å². The quantitative estimate of drug-likeness (QED) is 0.730. The van der Waals surface area contributed by atoms with Crippen molar-refractivity contribution in [2.45, 2.75) is 13.0 Å². The lowest BCUT2D eigenvalue weighted by Crippen LogP contribution is -3.19. The first kappa shape index (κ1) is 18.4. The number of anilines is 2. The van der Waals surface area contributed by atoms with Crippen LogP contribution in [0.5, 0.6) is 17.2 Å². The molecular formula is C21H26N3O4+. The Morgan fingerprint density at radius 3 is 2.57 bits per heavy atom. The number of phenolic OH excluding ortho intramolecular Hbond substituents is 1. The maximum Gasteiger partial charge on any atom is 0.282 e. The maximum absolute atomic E-state index is 12.7. The summed E-state index contributed by atoms with van der Waals surface area (Å²) in [6, 6.07) is 12.7. The maximum atomic E-state index is 12.7. The Kier molecular flexibility index (Phi) is 5.25. The van der Waals surface area contributed by atoms with E-state index < -0.39 is 0 Å². The summed E-state index contributed by atoms with van der Waals surface area (Å²) in [5.41, 5.74) is 1.57. The minimum atomic E-state index is -0.167. The molecule has 0 aromatic heterocycles. The molecule has 4 rings (SSSR count). The van der Waals surface area contributed by atoms with Gasteiger partial charge in [-0.3, -0.25) is 4.79 Å². The average molecular weight is 384 g/mol. The number of piperazine rings is 1. The highest BCUT2D eigenvalue weighted by Crippen LogP contribution is 2.32. The van der Waals surface area contributed by atoms with E-state index in [0.717, 1.165) is 31.9 Å². The van der Waals surface area contributed by atoms with E-state index in [0.29, 0.717) is 36.1 Å². The van der Waals surface area contributed by atoms with Gasteiger partial charge in [-0.05, 0) is 31.2 Å². The number of carbonyl (C=O) groups excluding carboxylic acids is 1. The Morgan fingerprint density at radius 2 is 1.82 bits per heavy atom. The Bertz CT molecular complexity index is 849. The van der Waals surface area contributed by atoms with E-state index in [-0.39, 0.29) is 11.9 Å². The van der Waals surface area contributed by atoms with E-state index in [9.17, 15) is 9.90 Å². The minimum Gasteiger partial charge on any atom is -0.506 e. The number of nitrogens with one attached hydrogen (secondary N) is 2. The van der Waals surface area contributed by atoms with Crippen molar-refractivity contribution < 1.29 is 24.3 Å². The van der Waals surface area contributed by atoms with Crippen LogP contribution in [-0.4, -0.2) is 56.4 Å². The molecule has 0 bridgehead atoms. The van der Waals surface area contributed by atoms with Crippen molar-refractivity contribution in [3.05, 3.63) is 42.5 Å². The van der Waals surface area contributed by atoms with Crippen LogP contribution in [0.4, 0.5) is 11.4 Å². The van der Waals surface area contributed by atoms with Crippen LogP contribution in [0.15, 0.2) is 42.5 Å². The molecule has 0 spiro atoms. The number of aromatic hydroxyl groups is 1. The minimum absolute atomic E-state index is 0.0114. The van der Waals surface area contributed by atoms with Crippen LogP contribution in [0.1, 0.15) is 6.92 Å². The number of hydrogen-bond donors (Lipinski definition) is 3. The van der Waals surface area contributed by atoms with Crippen LogP contribution >= 0.6 is 0 Å². The van der Waals surface area contributed by atoms with Crippen molar-refractivity contribution in [3.8, 4) is 17.2 Å². The largest absolute Gasteiger partial charge is 0.506 e. The van der Waals surface area contributed by atoms with Gasteiger partial charge in [-0.1, -0.05) is 12.1 Å². The average Bonchev–Trinajstić information content (AvgIpc) is 2.73. The van der Waals surface area contributed by atoms with Gasteiger partial charge in [0.15, 0.2) is 17.5 Å². The lowest BCUT2D eigenvalue weighted by molar-refractivity contribution is -0.914. The number of ether oxygens (including phenoxy) is 2. The van der Waals surface area contributed by atoms with Crippen molar-refractivity contribution in [1.29, 1.82) is 0 Å². The molecule has 28 heavy (non-hydrogen) atoms. The highest BCUT2D eigenvalue weighted by molar-refractivity contribution is 5.94. The summed E-state index contributed by atoms with van der Waals surface area (Å²) < 4.78 is 11.1. The number of benzene rings is 2. The van der Waals surface area contributed by atoms with Gasteiger partial charge in [-0.25, -0.2) is 0 Å². The van der Waals surface area contributed by atoms with Gasteiger partial charge in [0.05, 0.1) is 31.9 Å². The first-order valence-corrected chi connectivity index (χ1v) is 9.70. The summed E-state index contributed by atoms with van der Waals surface area (Å²) in [5, 5.41) is 13.0. The highest BCUT2D eigenvalue weighted by atomic mass is 16.6. The standard InChI is InChI=1S/C21H25N3O4/c1-15(21(26)22-16-6-7-19-20(14-16)28-13-12-27-19)23-8-10-24(11-9-23)17-4-2-3-5-18(17)25/h2-7,14-15,25H,8-13H2,1H3,(H,22,26)/p+1/t15-/m1/s1. The van der Waals surface area contributed by atoms with Crippen molar-refractivity contribution in [1.82, 2.24) is 0 Å². The van der Waals surface area contributed by atoms with Crippen molar-refractivity contribution >= 4 is 17.3 Å². The van der Waals surface area contributed by atoms with Crippen LogP contribution in [-0.2, 0) is 4.79 Å². The monoisotopic (exact) mass is 384 g/mol. The van der Waals surface area contributed by atoms with Gasteiger partial charge in [-0.15, -0.1) is 0 Å². The zero-order valence-electron chi connectivity index (χ0n) is 16.0. The summed E-state index contributed by atoms with van der Waals surface area (Å²) >= 11 is 0. The third kappa shape index (κ3) is 3.84. The van der Waals surface area contributed by atoms with Crippen molar-refractivity contribution in [3.63, 3.8) is 0 Å². The fourth-order valence-electron chi connectivity index (χ4n) is 3.76. The van der Waals surface area contributed by atoms with E-state index in [1.54, 1.807) is 6.07 Å². The first-order valence-electron chi connectivity index (χ1n) is 9.70. The summed E-state index contributed by atoms with van der Waals surface area (Å²) in [6.07, 6.45) is 0. The molecule has 7 nitrogen and oxygen atoms in total. The molecular weight excluding hydrogens is 358 g/mol. The van der Waals surface area contributed by atoms with Crippen LogP contribution in [0, 0.1) is 0 Å². The van der Waals surface area contributed by atoms with Gasteiger partial charge in [0.25, 0.3) is 5.91 Å². The molecule has 1 atom stereocenters.